The summed E-state index contributed by atoms with van der Waals surface area (Å²) in [4.78, 5) is 36.2. The lowest BCUT2D eigenvalue weighted by Crippen LogP contribution is -2.42. The Kier molecular flexibility index (Phi) is 8.62. The Morgan fingerprint density at radius 1 is 0.925 bits per heavy atom. The predicted octanol–water partition coefficient (Wildman–Crippen LogP) is 6.13. The van der Waals surface area contributed by atoms with Gasteiger partial charge in [0.05, 0.1) is 18.1 Å². The summed E-state index contributed by atoms with van der Waals surface area (Å²) in [7, 11) is 0. The first-order valence-electron chi connectivity index (χ1n) is 14.1. The standard InChI is InChI=1S/C33H42N4O3/c1-32(2,3)25-13-11-24(12-14-25)30(38)36-28(31(39)40)19-22-7-9-23(10-8-22)29-34-20-27(21-35-29)37-17-15-26(16-18-37)33(4,5)6/h7-14,20-21,26,28H,15-19H2,1-6H3,(H,36,38)(H,39,40)/t28-/m0/s1. The van der Waals surface area contributed by atoms with Gasteiger partial charge in [-0.25, -0.2) is 14.8 Å². The van der Waals surface area contributed by atoms with E-state index in [0.29, 0.717) is 16.8 Å². The minimum Gasteiger partial charge on any atom is -0.480 e. The second-order valence-electron chi connectivity index (χ2n) is 13.0. The molecule has 0 bridgehead atoms. The lowest BCUT2D eigenvalue weighted by Gasteiger charge is -2.39. The molecule has 0 unspecified atom stereocenters. The summed E-state index contributed by atoms with van der Waals surface area (Å²) in [5.74, 6) is -0.118. The van der Waals surface area contributed by atoms with E-state index in [0.717, 1.165) is 41.4 Å². The van der Waals surface area contributed by atoms with E-state index in [1.807, 2.05) is 48.8 Å². The van der Waals surface area contributed by atoms with Crippen molar-refractivity contribution in [2.75, 3.05) is 18.0 Å². The average molecular weight is 543 g/mol. The fraction of sp³-hybridized carbons (Fsp3) is 0.455. The summed E-state index contributed by atoms with van der Waals surface area (Å²) >= 11 is 0. The van der Waals surface area contributed by atoms with Crippen LogP contribution >= 0.6 is 0 Å². The van der Waals surface area contributed by atoms with Gasteiger partial charge in [0.1, 0.15) is 6.04 Å². The SMILES string of the molecule is CC(C)(C)c1ccc(C(=O)N[C@@H](Cc2ccc(-c3ncc(N4CCC(C(C)(C)C)CC4)cn3)cc2)C(=O)O)cc1. The lowest BCUT2D eigenvalue weighted by molar-refractivity contribution is -0.139. The van der Waals surface area contributed by atoms with Crippen LogP contribution in [-0.4, -0.2) is 46.1 Å². The maximum absolute atomic E-state index is 12.8. The number of carbonyl (C=O) groups is 2. The van der Waals surface area contributed by atoms with Gasteiger partial charge in [0.2, 0.25) is 0 Å². The van der Waals surface area contributed by atoms with Crippen LogP contribution < -0.4 is 10.2 Å². The minimum atomic E-state index is -1.07. The molecule has 1 amide bonds. The number of benzene rings is 2. The summed E-state index contributed by atoms with van der Waals surface area (Å²) in [6.45, 7) is 15.3. The van der Waals surface area contributed by atoms with Gasteiger partial charge in [-0.1, -0.05) is 77.9 Å². The molecule has 1 aliphatic heterocycles. The lowest BCUT2D eigenvalue weighted by atomic mass is 9.75. The number of carboxylic acids is 1. The van der Waals surface area contributed by atoms with Crippen LogP contribution in [0.2, 0.25) is 0 Å². The highest BCUT2D eigenvalue weighted by Crippen LogP contribution is 2.35. The van der Waals surface area contributed by atoms with Crippen molar-refractivity contribution in [3.8, 4) is 11.4 Å². The summed E-state index contributed by atoms with van der Waals surface area (Å²) in [5.41, 5.74) is 4.57. The van der Waals surface area contributed by atoms with Crippen LogP contribution in [0.3, 0.4) is 0 Å². The molecule has 0 spiro atoms. The number of hydrogen-bond donors (Lipinski definition) is 2. The molecule has 7 heteroatoms. The zero-order valence-electron chi connectivity index (χ0n) is 24.6. The quantitative estimate of drug-likeness (QED) is 0.373. The van der Waals surface area contributed by atoms with Crippen LogP contribution in [-0.2, 0) is 16.6 Å². The normalized spacial score (nSPS) is 15.5. The van der Waals surface area contributed by atoms with Crippen LogP contribution in [0.4, 0.5) is 5.69 Å². The maximum atomic E-state index is 12.8. The molecule has 0 saturated carbocycles. The molecule has 1 aliphatic rings. The molecular weight excluding hydrogens is 500 g/mol. The van der Waals surface area contributed by atoms with E-state index in [2.05, 4.69) is 61.7 Å². The van der Waals surface area contributed by atoms with E-state index in [1.165, 1.54) is 12.8 Å². The molecule has 7 nitrogen and oxygen atoms in total. The molecule has 2 N–H and O–H groups in total. The Morgan fingerprint density at radius 3 is 2.00 bits per heavy atom. The van der Waals surface area contributed by atoms with E-state index in [-0.39, 0.29) is 11.8 Å². The second-order valence-corrected chi connectivity index (χ2v) is 13.0. The number of rotatable bonds is 7. The molecule has 4 rings (SSSR count). The fourth-order valence-electron chi connectivity index (χ4n) is 5.23. The maximum Gasteiger partial charge on any atom is 0.326 e. The third-order valence-corrected chi connectivity index (χ3v) is 7.99. The van der Waals surface area contributed by atoms with Crippen molar-refractivity contribution < 1.29 is 14.7 Å². The van der Waals surface area contributed by atoms with Gasteiger partial charge in [-0.15, -0.1) is 0 Å². The van der Waals surface area contributed by atoms with Gasteiger partial charge in [0, 0.05) is 30.6 Å². The molecular formula is C33H42N4O3. The summed E-state index contributed by atoms with van der Waals surface area (Å²) in [5, 5.41) is 12.4. The van der Waals surface area contributed by atoms with Gasteiger partial charge in [-0.2, -0.15) is 0 Å². The smallest absolute Gasteiger partial charge is 0.326 e. The number of nitrogens with zero attached hydrogens (tertiary/aromatic N) is 3. The highest BCUT2D eigenvalue weighted by molar-refractivity contribution is 5.96. The molecule has 2 aromatic carbocycles. The van der Waals surface area contributed by atoms with Gasteiger partial charge < -0.3 is 15.3 Å². The number of nitrogens with one attached hydrogen (secondary N) is 1. The number of piperidine rings is 1. The highest BCUT2D eigenvalue weighted by Gasteiger charge is 2.29. The van der Waals surface area contributed by atoms with Gasteiger partial charge >= 0.3 is 5.97 Å². The molecule has 0 aliphatic carbocycles. The Morgan fingerprint density at radius 2 is 1.50 bits per heavy atom. The summed E-state index contributed by atoms with van der Waals surface area (Å²) < 4.78 is 0. The first-order valence-corrected chi connectivity index (χ1v) is 14.1. The average Bonchev–Trinajstić information content (AvgIpc) is 2.92. The van der Waals surface area contributed by atoms with Crippen molar-refractivity contribution in [3.05, 3.63) is 77.6 Å². The number of amides is 1. The number of carbonyl (C=O) groups excluding carboxylic acids is 1. The van der Waals surface area contributed by atoms with Crippen molar-refractivity contribution in [3.63, 3.8) is 0 Å². The van der Waals surface area contributed by atoms with Gasteiger partial charge in [0.25, 0.3) is 5.91 Å². The number of aliphatic carboxylic acids is 1. The largest absolute Gasteiger partial charge is 0.480 e. The van der Waals surface area contributed by atoms with Crippen molar-refractivity contribution in [2.24, 2.45) is 11.3 Å². The van der Waals surface area contributed by atoms with Crippen LogP contribution in [0.15, 0.2) is 60.9 Å². The predicted molar refractivity (Wildman–Crippen MR) is 160 cm³/mol. The van der Waals surface area contributed by atoms with Crippen molar-refractivity contribution in [2.45, 2.75) is 72.3 Å². The Labute approximate surface area is 238 Å². The molecule has 0 radical (unpaired) electrons. The zero-order chi connectivity index (χ0) is 29.1. The third-order valence-electron chi connectivity index (χ3n) is 7.99. The number of hydrogen-bond acceptors (Lipinski definition) is 5. The first-order chi connectivity index (χ1) is 18.8. The number of anilines is 1. The first kappa shape index (κ1) is 29.2. The Hall–Kier alpha value is -3.74. The van der Waals surface area contributed by atoms with E-state index in [9.17, 15) is 14.7 Å². The Balaban J connectivity index is 1.36. The monoisotopic (exact) mass is 542 g/mol. The Bertz CT molecular complexity index is 1300. The fourth-order valence-corrected chi connectivity index (χ4v) is 5.23. The van der Waals surface area contributed by atoms with E-state index in [4.69, 9.17) is 0 Å². The zero-order valence-corrected chi connectivity index (χ0v) is 24.6. The number of carboxylic acid groups (broad SMARTS) is 1. The van der Waals surface area contributed by atoms with Crippen molar-refractivity contribution in [1.82, 2.24) is 15.3 Å². The van der Waals surface area contributed by atoms with Gasteiger partial charge in [-0.3, -0.25) is 4.79 Å². The van der Waals surface area contributed by atoms with Crippen molar-refractivity contribution >= 4 is 17.6 Å². The summed E-state index contributed by atoms with van der Waals surface area (Å²) in [6, 6.07) is 13.8. The van der Waals surface area contributed by atoms with Gasteiger partial charge in [-0.05, 0) is 52.8 Å². The van der Waals surface area contributed by atoms with Crippen molar-refractivity contribution in [1.29, 1.82) is 0 Å². The second kappa shape index (κ2) is 11.8. The summed E-state index contributed by atoms with van der Waals surface area (Å²) in [6.07, 6.45) is 6.29. The number of aromatic nitrogens is 2. The molecule has 1 saturated heterocycles. The van der Waals surface area contributed by atoms with Crippen LogP contribution in [0.5, 0.6) is 0 Å². The van der Waals surface area contributed by atoms with E-state index >= 15 is 0 Å². The minimum absolute atomic E-state index is 0.0265. The van der Waals surface area contributed by atoms with Crippen LogP contribution in [0.25, 0.3) is 11.4 Å². The highest BCUT2D eigenvalue weighted by atomic mass is 16.4. The van der Waals surface area contributed by atoms with E-state index < -0.39 is 17.9 Å². The molecule has 1 aromatic heterocycles. The van der Waals surface area contributed by atoms with Crippen LogP contribution in [0.1, 0.15) is 75.9 Å². The van der Waals surface area contributed by atoms with Gasteiger partial charge in [0.15, 0.2) is 5.82 Å². The topological polar surface area (TPSA) is 95.4 Å². The molecule has 3 aromatic rings. The van der Waals surface area contributed by atoms with Crippen LogP contribution in [0, 0.1) is 11.3 Å². The molecule has 1 fully saturated rings. The molecule has 40 heavy (non-hydrogen) atoms. The van der Waals surface area contributed by atoms with E-state index in [1.54, 1.807) is 12.1 Å². The molecule has 212 valence electrons. The third kappa shape index (κ3) is 7.26. The molecule has 1 atom stereocenters. The molecule has 2 heterocycles.